The summed E-state index contributed by atoms with van der Waals surface area (Å²) in [5.41, 5.74) is 13.8. The fraction of sp³-hybridized carbons (Fsp3) is 0.333. The van der Waals surface area contributed by atoms with Gasteiger partial charge in [-0.1, -0.05) is 6.08 Å². The molecule has 0 amide bonds. The number of anilines is 2. The highest BCUT2D eigenvalue weighted by atomic mass is 16.4. The Morgan fingerprint density at radius 3 is 3.04 bits per heavy atom. The van der Waals surface area contributed by atoms with E-state index in [9.17, 15) is 5.11 Å². The van der Waals surface area contributed by atoms with Gasteiger partial charge in [-0.15, -0.1) is 0 Å². The van der Waals surface area contributed by atoms with Crippen molar-refractivity contribution < 1.29 is 9.52 Å². The highest BCUT2D eigenvalue weighted by Crippen LogP contribution is 2.35. The van der Waals surface area contributed by atoms with Crippen molar-refractivity contribution in [1.82, 2.24) is 24.7 Å². The number of allylic oxidation sites excluding steroid dienone is 1. The van der Waals surface area contributed by atoms with Crippen molar-refractivity contribution in [2.75, 3.05) is 18.1 Å². The molecular formula is C15H17N7O2. The third-order valence-corrected chi connectivity index (χ3v) is 4.22. The van der Waals surface area contributed by atoms with Crippen LogP contribution in [0.5, 0.6) is 0 Å². The Hall–Kier alpha value is -2.94. The lowest BCUT2D eigenvalue weighted by Gasteiger charge is -2.13. The summed E-state index contributed by atoms with van der Waals surface area (Å²) in [7, 11) is 0. The number of aliphatic hydroxyl groups is 1. The van der Waals surface area contributed by atoms with Crippen molar-refractivity contribution in [2.24, 2.45) is 0 Å². The van der Waals surface area contributed by atoms with Crippen molar-refractivity contribution in [2.45, 2.75) is 25.3 Å². The van der Waals surface area contributed by atoms with Gasteiger partial charge < -0.3 is 21.0 Å². The first kappa shape index (κ1) is 14.6. The quantitative estimate of drug-likeness (QED) is 0.643. The lowest BCUT2D eigenvalue weighted by atomic mass is 9.92. The highest BCUT2D eigenvalue weighted by molar-refractivity contribution is 5.89. The van der Waals surface area contributed by atoms with E-state index in [1.807, 2.05) is 19.1 Å². The molecule has 3 aromatic rings. The molecule has 2 unspecified atom stereocenters. The van der Waals surface area contributed by atoms with Crippen molar-refractivity contribution in [3.63, 3.8) is 0 Å². The van der Waals surface area contributed by atoms with Gasteiger partial charge in [0, 0.05) is 12.3 Å². The molecule has 1 aliphatic carbocycles. The van der Waals surface area contributed by atoms with Crippen LogP contribution in [-0.2, 0) is 6.42 Å². The Labute approximate surface area is 137 Å². The third kappa shape index (κ3) is 2.13. The summed E-state index contributed by atoms with van der Waals surface area (Å²) in [6, 6.07) is -0.0705. The zero-order valence-corrected chi connectivity index (χ0v) is 13.0. The molecule has 0 aromatic carbocycles. The maximum absolute atomic E-state index is 9.48. The zero-order chi connectivity index (χ0) is 16.8. The van der Waals surface area contributed by atoms with Gasteiger partial charge in [0.2, 0.25) is 0 Å². The van der Waals surface area contributed by atoms with Gasteiger partial charge in [0.1, 0.15) is 12.1 Å². The van der Waals surface area contributed by atoms with Crippen LogP contribution in [0, 0.1) is 0 Å². The van der Waals surface area contributed by atoms with Crippen LogP contribution in [-0.4, -0.2) is 36.4 Å². The summed E-state index contributed by atoms with van der Waals surface area (Å²) in [5.74, 6) is 0.982. The topological polar surface area (TPSA) is 142 Å². The predicted molar refractivity (Wildman–Crippen MR) is 87.9 cm³/mol. The molecular weight excluding hydrogens is 310 g/mol. The second-order valence-electron chi connectivity index (χ2n) is 5.85. The van der Waals surface area contributed by atoms with Crippen LogP contribution in [0.2, 0.25) is 0 Å². The number of nitrogens with two attached hydrogens (primary N) is 2. The van der Waals surface area contributed by atoms with E-state index in [2.05, 4.69) is 20.1 Å². The van der Waals surface area contributed by atoms with Gasteiger partial charge in [-0.3, -0.25) is 0 Å². The fourth-order valence-corrected chi connectivity index (χ4v) is 2.99. The molecule has 0 saturated carbocycles. The van der Waals surface area contributed by atoms with Crippen LogP contribution in [0.3, 0.4) is 0 Å². The molecule has 0 fully saturated rings. The number of aromatic nitrogens is 5. The average Bonchev–Trinajstić information content (AvgIpc) is 3.14. The molecule has 0 aliphatic heterocycles. The standard InChI is InChI=1S/C15H17N7O2/c1-7(5-23)22-14-11(13(16)18-6-19-14)12(21-22)8-2-3-10-9(4-8)20-15(17)24-10/h2-3,6-8,23H,4-5H2,1H3,(H2,17,20)(H2,16,18,19). The number of aliphatic hydroxyl groups excluding tert-OH is 1. The summed E-state index contributed by atoms with van der Waals surface area (Å²) in [6.07, 6.45) is 5.82. The van der Waals surface area contributed by atoms with Gasteiger partial charge in [0.05, 0.1) is 29.4 Å². The van der Waals surface area contributed by atoms with E-state index in [0.29, 0.717) is 29.0 Å². The number of oxazole rings is 1. The molecule has 2 atom stereocenters. The Morgan fingerprint density at radius 2 is 2.25 bits per heavy atom. The van der Waals surface area contributed by atoms with Gasteiger partial charge >= 0.3 is 0 Å². The Bertz CT molecular complexity index is 943. The van der Waals surface area contributed by atoms with E-state index in [-0.39, 0.29) is 24.6 Å². The number of hydrogen-bond donors (Lipinski definition) is 3. The maximum Gasteiger partial charge on any atom is 0.292 e. The summed E-state index contributed by atoms with van der Waals surface area (Å²) >= 11 is 0. The molecule has 5 N–H and O–H groups in total. The van der Waals surface area contributed by atoms with Gasteiger partial charge in [-0.05, 0) is 13.0 Å². The van der Waals surface area contributed by atoms with Gasteiger partial charge in [0.25, 0.3) is 6.01 Å². The summed E-state index contributed by atoms with van der Waals surface area (Å²) < 4.78 is 7.02. The van der Waals surface area contributed by atoms with E-state index in [0.717, 1.165) is 11.4 Å². The highest BCUT2D eigenvalue weighted by Gasteiger charge is 2.27. The van der Waals surface area contributed by atoms with E-state index < -0.39 is 0 Å². The Kier molecular flexibility index (Phi) is 3.24. The molecule has 4 rings (SSSR count). The molecule has 124 valence electrons. The molecule has 0 bridgehead atoms. The zero-order valence-electron chi connectivity index (χ0n) is 13.0. The van der Waals surface area contributed by atoms with E-state index in [1.54, 1.807) is 4.68 Å². The summed E-state index contributed by atoms with van der Waals surface area (Å²) in [6.45, 7) is 1.81. The van der Waals surface area contributed by atoms with Crippen molar-refractivity contribution in [1.29, 1.82) is 0 Å². The van der Waals surface area contributed by atoms with E-state index in [1.165, 1.54) is 6.33 Å². The minimum absolute atomic E-state index is 0.0510. The molecule has 9 heteroatoms. The largest absolute Gasteiger partial charge is 0.424 e. The molecule has 24 heavy (non-hydrogen) atoms. The molecule has 3 aromatic heterocycles. The number of hydrogen-bond acceptors (Lipinski definition) is 8. The third-order valence-electron chi connectivity index (χ3n) is 4.22. The Balaban J connectivity index is 1.85. The van der Waals surface area contributed by atoms with E-state index in [4.69, 9.17) is 15.9 Å². The maximum atomic E-state index is 9.48. The van der Waals surface area contributed by atoms with Crippen LogP contribution in [0.15, 0.2) is 16.8 Å². The predicted octanol–water partition coefficient (Wildman–Crippen LogP) is 0.885. The molecule has 0 saturated heterocycles. The van der Waals surface area contributed by atoms with Crippen molar-refractivity contribution in [3.8, 4) is 0 Å². The monoisotopic (exact) mass is 327 g/mol. The van der Waals surface area contributed by atoms with Gasteiger partial charge in [0.15, 0.2) is 11.4 Å². The first-order valence-corrected chi connectivity index (χ1v) is 7.61. The minimum atomic E-state index is -0.221. The molecule has 0 spiro atoms. The SMILES string of the molecule is CC(CO)n1nc(C2C=Cc3oc(N)nc3C2)c2c(N)ncnc21. The number of nitrogens with zero attached hydrogens (tertiary/aromatic N) is 5. The second-order valence-corrected chi connectivity index (χ2v) is 5.85. The second kappa shape index (κ2) is 5.31. The van der Waals surface area contributed by atoms with Crippen LogP contribution in [0.25, 0.3) is 17.1 Å². The lowest BCUT2D eigenvalue weighted by molar-refractivity contribution is 0.232. The summed E-state index contributed by atoms with van der Waals surface area (Å²) in [5, 5.41) is 14.8. The van der Waals surface area contributed by atoms with Crippen molar-refractivity contribution in [3.05, 3.63) is 29.6 Å². The fourth-order valence-electron chi connectivity index (χ4n) is 2.99. The smallest absolute Gasteiger partial charge is 0.292 e. The average molecular weight is 327 g/mol. The molecule has 9 nitrogen and oxygen atoms in total. The molecule has 0 radical (unpaired) electrons. The molecule has 3 heterocycles. The number of nitrogen functional groups attached to an aromatic ring is 2. The van der Waals surface area contributed by atoms with Crippen LogP contribution >= 0.6 is 0 Å². The molecule has 1 aliphatic rings. The van der Waals surface area contributed by atoms with E-state index >= 15 is 0 Å². The lowest BCUT2D eigenvalue weighted by Crippen LogP contribution is -2.13. The minimum Gasteiger partial charge on any atom is -0.424 e. The van der Waals surface area contributed by atoms with Crippen LogP contribution < -0.4 is 11.5 Å². The normalized spacial score (nSPS) is 18.0. The van der Waals surface area contributed by atoms with Crippen LogP contribution in [0.4, 0.5) is 11.8 Å². The van der Waals surface area contributed by atoms with Crippen molar-refractivity contribution >= 4 is 28.9 Å². The van der Waals surface area contributed by atoms with Gasteiger partial charge in [-0.25, -0.2) is 14.6 Å². The van der Waals surface area contributed by atoms with Gasteiger partial charge in [-0.2, -0.15) is 10.1 Å². The van der Waals surface area contributed by atoms with Crippen LogP contribution in [0.1, 0.15) is 36.0 Å². The Morgan fingerprint density at radius 1 is 1.42 bits per heavy atom. The number of rotatable bonds is 3. The summed E-state index contributed by atoms with van der Waals surface area (Å²) in [4.78, 5) is 12.6. The first-order valence-electron chi connectivity index (χ1n) is 7.61. The first-order chi connectivity index (χ1) is 11.6. The number of fused-ring (bicyclic) bond motifs is 2.